The number of nitrogens with zero attached hydrogens (tertiary/aromatic N) is 5. The fourth-order valence-corrected chi connectivity index (χ4v) is 3.44. The van der Waals surface area contributed by atoms with Crippen LogP contribution in [0.15, 0.2) is 23.4 Å². The molecule has 3 heterocycles. The monoisotopic (exact) mass is 503 g/mol. The molecule has 1 amide bonds. The van der Waals surface area contributed by atoms with Crippen LogP contribution in [0.2, 0.25) is 5.02 Å². The molecule has 14 heteroatoms. The highest BCUT2D eigenvalue weighted by Crippen LogP contribution is 2.28. The van der Waals surface area contributed by atoms with E-state index in [-0.39, 0.29) is 35.9 Å². The average Bonchev–Trinajstić information content (AvgIpc) is 2.83. The molecule has 2 N–H and O–H groups in total. The summed E-state index contributed by atoms with van der Waals surface area (Å²) in [6, 6.07) is -0.122. The van der Waals surface area contributed by atoms with E-state index in [9.17, 15) is 22.8 Å². The lowest BCUT2D eigenvalue weighted by Crippen LogP contribution is -2.49. The fraction of sp³-hybridized carbons (Fsp3) is 0.550. The van der Waals surface area contributed by atoms with Gasteiger partial charge >= 0.3 is 6.18 Å². The summed E-state index contributed by atoms with van der Waals surface area (Å²) in [5.41, 5.74) is -0.979. The molecule has 0 aromatic carbocycles. The number of aromatic amines is 1. The van der Waals surface area contributed by atoms with Crippen LogP contribution < -0.4 is 15.8 Å². The van der Waals surface area contributed by atoms with Crippen molar-refractivity contribution in [2.45, 2.75) is 32.0 Å². The Bertz CT molecular complexity index is 1010. The van der Waals surface area contributed by atoms with Gasteiger partial charge in [-0.2, -0.15) is 18.3 Å². The van der Waals surface area contributed by atoms with E-state index in [1.54, 1.807) is 9.80 Å². The third-order valence-electron chi connectivity index (χ3n) is 5.31. The molecule has 1 atom stereocenters. The van der Waals surface area contributed by atoms with Gasteiger partial charge in [0.1, 0.15) is 5.02 Å². The molecular formula is C20H25ClF3N7O3. The van der Waals surface area contributed by atoms with Crippen LogP contribution in [0.1, 0.15) is 25.3 Å². The van der Waals surface area contributed by atoms with Crippen molar-refractivity contribution in [2.75, 3.05) is 49.6 Å². The molecule has 3 rings (SSSR count). The predicted molar refractivity (Wildman–Crippen MR) is 119 cm³/mol. The largest absolute Gasteiger partial charge is 0.419 e. The highest BCUT2D eigenvalue weighted by molar-refractivity contribution is 6.32. The van der Waals surface area contributed by atoms with Gasteiger partial charge in [0.25, 0.3) is 5.56 Å². The number of hydrogen-bond acceptors (Lipinski definition) is 8. The Balaban J connectivity index is 1.39. The number of amides is 1. The SMILES string of the molecule is CC[C@@H](COCCC(=O)N1CCN(c2ncc(C(F)(F)F)cn2)CC1)Nc1cn[nH]c(=O)c1Cl. The Kier molecular flexibility index (Phi) is 8.67. The van der Waals surface area contributed by atoms with Gasteiger partial charge in [0.2, 0.25) is 11.9 Å². The number of halogens is 4. The maximum Gasteiger partial charge on any atom is 0.419 e. The molecule has 0 aliphatic carbocycles. The topological polar surface area (TPSA) is 116 Å². The first kappa shape index (κ1) is 25.7. The van der Waals surface area contributed by atoms with E-state index in [4.69, 9.17) is 16.3 Å². The molecule has 0 radical (unpaired) electrons. The maximum absolute atomic E-state index is 12.7. The van der Waals surface area contributed by atoms with Gasteiger partial charge in [-0.15, -0.1) is 0 Å². The maximum atomic E-state index is 12.7. The summed E-state index contributed by atoms with van der Waals surface area (Å²) >= 11 is 5.96. The third-order valence-corrected chi connectivity index (χ3v) is 5.68. The average molecular weight is 504 g/mol. The molecule has 0 saturated carbocycles. The van der Waals surface area contributed by atoms with E-state index < -0.39 is 17.3 Å². The fourth-order valence-electron chi connectivity index (χ4n) is 3.30. The first-order valence-corrected chi connectivity index (χ1v) is 11.1. The van der Waals surface area contributed by atoms with Crippen LogP contribution in [0.3, 0.4) is 0 Å². The molecule has 1 saturated heterocycles. The highest BCUT2D eigenvalue weighted by atomic mass is 35.5. The van der Waals surface area contributed by atoms with Gasteiger partial charge in [-0.05, 0) is 6.42 Å². The minimum Gasteiger partial charge on any atom is -0.379 e. The number of rotatable bonds is 9. The number of piperazine rings is 1. The summed E-state index contributed by atoms with van der Waals surface area (Å²) in [5, 5.41) is 9.08. The Morgan fingerprint density at radius 3 is 2.53 bits per heavy atom. The van der Waals surface area contributed by atoms with Gasteiger partial charge in [-0.3, -0.25) is 9.59 Å². The van der Waals surface area contributed by atoms with Crippen molar-refractivity contribution in [3.63, 3.8) is 0 Å². The molecule has 2 aromatic rings. The van der Waals surface area contributed by atoms with E-state index in [0.717, 1.165) is 12.4 Å². The number of ether oxygens (including phenoxy) is 1. The summed E-state index contributed by atoms with van der Waals surface area (Å²) in [5.74, 6) is 0.132. The lowest BCUT2D eigenvalue weighted by Gasteiger charge is -2.34. The second-order valence-electron chi connectivity index (χ2n) is 7.64. The molecule has 0 unspecified atom stereocenters. The van der Waals surface area contributed by atoms with Gasteiger partial charge in [0.05, 0.1) is 37.1 Å². The van der Waals surface area contributed by atoms with Crippen LogP contribution >= 0.6 is 11.6 Å². The quantitative estimate of drug-likeness (QED) is 0.500. The van der Waals surface area contributed by atoms with Gasteiger partial charge in [0.15, 0.2) is 0 Å². The van der Waals surface area contributed by atoms with Gasteiger partial charge in [-0.1, -0.05) is 18.5 Å². The van der Waals surface area contributed by atoms with Crippen LogP contribution in [0.5, 0.6) is 0 Å². The number of nitrogens with one attached hydrogen (secondary N) is 2. The minimum absolute atomic E-state index is 0.0180. The van der Waals surface area contributed by atoms with Gasteiger partial charge in [-0.25, -0.2) is 15.1 Å². The number of carbonyl (C=O) groups is 1. The normalized spacial score (nSPS) is 15.3. The first-order valence-electron chi connectivity index (χ1n) is 10.7. The first-order chi connectivity index (χ1) is 16.2. The zero-order valence-electron chi connectivity index (χ0n) is 18.4. The van der Waals surface area contributed by atoms with Crippen molar-refractivity contribution >= 4 is 29.1 Å². The van der Waals surface area contributed by atoms with E-state index >= 15 is 0 Å². The lowest BCUT2D eigenvalue weighted by molar-refractivity contribution is -0.138. The number of alkyl halides is 3. The van der Waals surface area contributed by atoms with Gasteiger partial charge in [0, 0.05) is 44.6 Å². The van der Waals surface area contributed by atoms with Crippen molar-refractivity contribution in [1.29, 1.82) is 0 Å². The van der Waals surface area contributed by atoms with Crippen LogP contribution in [0.25, 0.3) is 0 Å². The van der Waals surface area contributed by atoms with Crippen LogP contribution in [0, 0.1) is 0 Å². The standard InChI is InChI=1S/C20H25ClF3N7O3/c1-2-14(28-15-11-27-29-18(33)17(15)21)12-34-8-3-16(32)30-4-6-31(7-5-30)19-25-9-13(10-26-19)20(22,23)24/h9-11,14H,2-8,12H2,1H3,(H2,28,29,33)/t14-/m0/s1. The molecule has 34 heavy (non-hydrogen) atoms. The molecule has 1 aliphatic heterocycles. The highest BCUT2D eigenvalue weighted by Gasteiger charge is 2.32. The van der Waals surface area contributed by atoms with Crippen molar-refractivity contribution in [2.24, 2.45) is 0 Å². The number of carbonyl (C=O) groups excluding carboxylic acids is 1. The molecule has 1 aliphatic rings. The minimum atomic E-state index is -4.48. The second-order valence-corrected chi connectivity index (χ2v) is 8.02. The number of hydrogen-bond donors (Lipinski definition) is 2. The van der Waals surface area contributed by atoms with E-state index in [1.807, 2.05) is 6.92 Å². The van der Waals surface area contributed by atoms with Crippen molar-refractivity contribution < 1.29 is 22.7 Å². The Morgan fingerprint density at radius 2 is 1.91 bits per heavy atom. The molecule has 2 aromatic heterocycles. The summed E-state index contributed by atoms with van der Waals surface area (Å²) in [6.07, 6.45) is -0.646. The Morgan fingerprint density at radius 1 is 1.24 bits per heavy atom. The van der Waals surface area contributed by atoms with E-state index in [1.165, 1.54) is 6.20 Å². The Hall–Kier alpha value is -2.93. The van der Waals surface area contributed by atoms with Crippen molar-refractivity contribution in [1.82, 2.24) is 25.1 Å². The number of H-pyrrole nitrogens is 1. The molecule has 0 bridgehead atoms. The zero-order chi connectivity index (χ0) is 24.7. The smallest absolute Gasteiger partial charge is 0.379 e. The van der Waals surface area contributed by atoms with Crippen LogP contribution in [-0.4, -0.2) is 76.4 Å². The lowest BCUT2D eigenvalue weighted by atomic mass is 10.2. The van der Waals surface area contributed by atoms with Crippen LogP contribution in [-0.2, 0) is 15.7 Å². The number of anilines is 2. The molecule has 1 fully saturated rings. The summed E-state index contributed by atoms with van der Waals surface area (Å²) in [7, 11) is 0. The van der Waals surface area contributed by atoms with E-state index in [2.05, 4.69) is 25.5 Å². The van der Waals surface area contributed by atoms with Gasteiger partial charge < -0.3 is 19.9 Å². The summed E-state index contributed by atoms with van der Waals surface area (Å²) < 4.78 is 43.6. The Labute approximate surface area is 198 Å². The zero-order valence-corrected chi connectivity index (χ0v) is 19.2. The predicted octanol–water partition coefficient (Wildman–Crippen LogP) is 2.18. The molecule has 10 nitrogen and oxygen atoms in total. The summed E-state index contributed by atoms with van der Waals surface area (Å²) in [6.45, 7) is 4.15. The summed E-state index contributed by atoms with van der Waals surface area (Å²) in [4.78, 5) is 35.0. The van der Waals surface area contributed by atoms with Crippen molar-refractivity contribution in [3.05, 3.63) is 39.5 Å². The van der Waals surface area contributed by atoms with E-state index in [0.29, 0.717) is 44.9 Å². The molecule has 186 valence electrons. The number of aromatic nitrogens is 4. The molecule has 0 spiro atoms. The third kappa shape index (κ3) is 6.79. The van der Waals surface area contributed by atoms with Crippen LogP contribution in [0.4, 0.5) is 24.8 Å². The van der Waals surface area contributed by atoms with Crippen molar-refractivity contribution in [3.8, 4) is 0 Å². The molecular weight excluding hydrogens is 479 g/mol. The second kappa shape index (κ2) is 11.5.